The first-order valence-corrected chi connectivity index (χ1v) is 7.03. The normalized spacial score (nSPS) is 14.4. The predicted molar refractivity (Wildman–Crippen MR) is 65.3 cm³/mol. The van der Waals surface area contributed by atoms with Crippen LogP contribution in [0.2, 0.25) is 5.02 Å². The number of halogens is 4. The number of alkyl halides is 3. The Morgan fingerprint density at radius 1 is 1.42 bits per heavy atom. The van der Waals surface area contributed by atoms with E-state index in [1.807, 2.05) is 0 Å². The van der Waals surface area contributed by atoms with Gasteiger partial charge in [0.2, 0.25) is 10.0 Å². The quantitative estimate of drug-likeness (QED) is 0.892. The molecule has 1 aromatic rings. The molecule has 0 aliphatic heterocycles. The summed E-state index contributed by atoms with van der Waals surface area (Å²) < 4.78 is 63.5. The van der Waals surface area contributed by atoms with Crippen LogP contribution in [0.3, 0.4) is 0 Å². The third-order valence-corrected chi connectivity index (χ3v) is 4.33. The lowest BCUT2D eigenvalue weighted by Crippen LogP contribution is -2.37. The van der Waals surface area contributed by atoms with Crippen LogP contribution in [0.4, 0.5) is 13.2 Å². The number of hydrogen-bond donors (Lipinski definition) is 2. The lowest BCUT2D eigenvalue weighted by atomic mass is 10.2. The van der Waals surface area contributed by atoms with Crippen LogP contribution in [0.15, 0.2) is 23.1 Å². The van der Waals surface area contributed by atoms with Gasteiger partial charge in [0.25, 0.3) is 0 Å². The molecule has 3 N–H and O–H groups in total. The highest BCUT2D eigenvalue weighted by atomic mass is 35.5. The molecule has 0 heterocycles. The number of nitrogens with one attached hydrogen (secondary N) is 1. The van der Waals surface area contributed by atoms with Gasteiger partial charge in [0, 0.05) is 12.6 Å². The van der Waals surface area contributed by atoms with Gasteiger partial charge in [-0.15, -0.1) is 0 Å². The fourth-order valence-corrected chi connectivity index (χ4v) is 3.04. The Morgan fingerprint density at radius 3 is 2.47 bits per heavy atom. The standard InChI is InChI=1S/C10H12ClF3N2O2S/c1-6(5-15)16-19(17,18)9-4-7(10(12,13)14)2-3-8(9)11/h2-4,6,16H,5,15H2,1H3. The summed E-state index contributed by atoms with van der Waals surface area (Å²) >= 11 is 5.64. The van der Waals surface area contributed by atoms with E-state index in [1.54, 1.807) is 0 Å². The van der Waals surface area contributed by atoms with Gasteiger partial charge in [-0.3, -0.25) is 0 Å². The molecule has 1 aromatic carbocycles. The maximum atomic E-state index is 12.5. The second-order valence-electron chi connectivity index (χ2n) is 3.90. The number of sulfonamides is 1. The fraction of sp³-hybridized carbons (Fsp3) is 0.400. The molecular formula is C10H12ClF3N2O2S. The van der Waals surface area contributed by atoms with Crippen molar-refractivity contribution in [3.05, 3.63) is 28.8 Å². The first kappa shape index (κ1) is 16.2. The summed E-state index contributed by atoms with van der Waals surface area (Å²) in [4.78, 5) is -0.621. The van der Waals surface area contributed by atoms with E-state index in [1.165, 1.54) is 6.92 Å². The molecular weight excluding hydrogens is 305 g/mol. The average molecular weight is 317 g/mol. The molecule has 0 saturated heterocycles. The van der Waals surface area contributed by atoms with Gasteiger partial charge < -0.3 is 5.73 Å². The second kappa shape index (κ2) is 5.66. The van der Waals surface area contributed by atoms with E-state index in [0.29, 0.717) is 12.1 Å². The van der Waals surface area contributed by atoms with Crippen LogP contribution < -0.4 is 10.5 Å². The van der Waals surface area contributed by atoms with Crippen molar-refractivity contribution >= 4 is 21.6 Å². The van der Waals surface area contributed by atoms with E-state index >= 15 is 0 Å². The SMILES string of the molecule is CC(CN)NS(=O)(=O)c1cc(C(F)(F)F)ccc1Cl. The maximum Gasteiger partial charge on any atom is 0.416 e. The number of nitrogens with two attached hydrogens (primary N) is 1. The summed E-state index contributed by atoms with van der Waals surface area (Å²) in [7, 11) is -4.15. The van der Waals surface area contributed by atoms with E-state index < -0.39 is 32.7 Å². The summed E-state index contributed by atoms with van der Waals surface area (Å²) in [5, 5.41) is -0.287. The zero-order valence-electron chi connectivity index (χ0n) is 9.83. The van der Waals surface area contributed by atoms with Crippen LogP contribution in [0.5, 0.6) is 0 Å². The molecule has 0 bridgehead atoms. The van der Waals surface area contributed by atoms with E-state index in [4.69, 9.17) is 17.3 Å². The second-order valence-corrected chi connectivity index (χ2v) is 5.99. The zero-order valence-corrected chi connectivity index (χ0v) is 11.4. The van der Waals surface area contributed by atoms with Gasteiger partial charge in [-0.1, -0.05) is 11.6 Å². The molecule has 0 aromatic heterocycles. The first-order valence-electron chi connectivity index (χ1n) is 5.17. The molecule has 0 saturated carbocycles. The molecule has 9 heteroatoms. The van der Waals surface area contributed by atoms with Gasteiger partial charge in [0.05, 0.1) is 10.6 Å². The van der Waals surface area contributed by atoms with Crippen molar-refractivity contribution in [2.24, 2.45) is 5.73 Å². The van der Waals surface area contributed by atoms with Crippen LogP contribution in [-0.2, 0) is 16.2 Å². The average Bonchev–Trinajstić information content (AvgIpc) is 2.26. The van der Waals surface area contributed by atoms with Gasteiger partial charge in [0.1, 0.15) is 4.90 Å². The number of rotatable bonds is 4. The molecule has 1 atom stereocenters. The summed E-state index contributed by atoms with van der Waals surface area (Å²) in [6.07, 6.45) is -4.64. The molecule has 1 unspecified atom stereocenters. The molecule has 19 heavy (non-hydrogen) atoms. The Labute approximate surface area is 113 Å². The van der Waals surface area contributed by atoms with Crippen LogP contribution in [0, 0.1) is 0 Å². The molecule has 0 radical (unpaired) electrons. The summed E-state index contributed by atoms with van der Waals surface area (Å²) in [5.41, 5.74) is 4.17. The molecule has 1 rings (SSSR count). The highest BCUT2D eigenvalue weighted by Gasteiger charge is 2.32. The van der Waals surface area contributed by atoms with Gasteiger partial charge in [-0.25, -0.2) is 13.1 Å². The molecule has 108 valence electrons. The molecule has 0 aliphatic rings. The Hall–Kier alpha value is -0.830. The predicted octanol–water partition coefficient (Wildman–Crippen LogP) is 1.98. The maximum absolute atomic E-state index is 12.5. The summed E-state index contributed by atoms with van der Waals surface area (Å²) in [6, 6.07) is 1.49. The summed E-state index contributed by atoms with van der Waals surface area (Å²) in [5.74, 6) is 0. The van der Waals surface area contributed by atoms with Crippen LogP contribution in [-0.4, -0.2) is 21.0 Å². The lowest BCUT2D eigenvalue weighted by Gasteiger charge is -2.14. The molecule has 0 aliphatic carbocycles. The topological polar surface area (TPSA) is 72.2 Å². The van der Waals surface area contributed by atoms with E-state index in [-0.39, 0.29) is 11.6 Å². The van der Waals surface area contributed by atoms with Gasteiger partial charge in [0.15, 0.2) is 0 Å². The summed E-state index contributed by atoms with van der Waals surface area (Å²) in [6.45, 7) is 1.49. The monoisotopic (exact) mass is 316 g/mol. The molecule has 0 fully saturated rings. The minimum Gasteiger partial charge on any atom is -0.329 e. The minimum atomic E-state index is -4.64. The Balaban J connectivity index is 3.26. The van der Waals surface area contributed by atoms with Crippen LogP contribution in [0.25, 0.3) is 0 Å². The smallest absolute Gasteiger partial charge is 0.329 e. The Kier molecular flexibility index (Phi) is 4.83. The van der Waals surface area contributed by atoms with Crippen molar-refractivity contribution in [2.75, 3.05) is 6.54 Å². The van der Waals surface area contributed by atoms with Crippen molar-refractivity contribution in [1.29, 1.82) is 0 Å². The van der Waals surface area contributed by atoms with Crippen molar-refractivity contribution in [2.45, 2.75) is 24.0 Å². The van der Waals surface area contributed by atoms with Gasteiger partial charge in [-0.05, 0) is 25.1 Å². The lowest BCUT2D eigenvalue weighted by molar-refractivity contribution is -0.137. The minimum absolute atomic E-state index is 0.00973. The third kappa shape index (κ3) is 4.07. The van der Waals surface area contributed by atoms with E-state index in [9.17, 15) is 21.6 Å². The van der Waals surface area contributed by atoms with E-state index in [0.717, 1.165) is 6.07 Å². The molecule has 0 amide bonds. The van der Waals surface area contributed by atoms with Crippen molar-refractivity contribution in [3.63, 3.8) is 0 Å². The third-order valence-electron chi connectivity index (χ3n) is 2.26. The van der Waals surface area contributed by atoms with Crippen LogP contribution in [0.1, 0.15) is 12.5 Å². The fourth-order valence-electron chi connectivity index (χ4n) is 1.26. The Morgan fingerprint density at radius 2 is 2.00 bits per heavy atom. The van der Waals surface area contributed by atoms with E-state index in [2.05, 4.69) is 4.72 Å². The Bertz CT molecular complexity index is 560. The first-order chi connectivity index (χ1) is 8.58. The van der Waals surface area contributed by atoms with Crippen LogP contribution >= 0.6 is 11.6 Å². The molecule has 0 spiro atoms. The van der Waals surface area contributed by atoms with Crippen molar-refractivity contribution < 1.29 is 21.6 Å². The molecule has 4 nitrogen and oxygen atoms in total. The van der Waals surface area contributed by atoms with Crippen molar-refractivity contribution in [1.82, 2.24) is 4.72 Å². The van der Waals surface area contributed by atoms with Crippen molar-refractivity contribution in [3.8, 4) is 0 Å². The van der Waals surface area contributed by atoms with Gasteiger partial charge >= 0.3 is 6.18 Å². The zero-order chi connectivity index (χ0) is 14.8. The van der Waals surface area contributed by atoms with Gasteiger partial charge in [-0.2, -0.15) is 13.2 Å². The number of benzene rings is 1. The number of hydrogen-bond acceptors (Lipinski definition) is 3. The largest absolute Gasteiger partial charge is 0.416 e. The highest BCUT2D eigenvalue weighted by Crippen LogP contribution is 2.33. The highest BCUT2D eigenvalue weighted by molar-refractivity contribution is 7.89.